The van der Waals surface area contributed by atoms with E-state index in [1.807, 2.05) is 0 Å². The van der Waals surface area contributed by atoms with Crippen molar-refractivity contribution in [2.24, 2.45) is 0 Å². The van der Waals surface area contributed by atoms with Crippen LogP contribution in [0.2, 0.25) is 0 Å². The van der Waals surface area contributed by atoms with Crippen LogP contribution in [0.25, 0.3) is 0 Å². The van der Waals surface area contributed by atoms with E-state index in [-0.39, 0.29) is 13.1 Å². The molecule has 1 atom stereocenters. The third-order valence-electron chi connectivity index (χ3n) is 2.43. The van der Waals surface area contributed by atoms with Crippen LogP contribution in [0.5, 0.6) is 0 Å². The van der Waals surface area contributed by atoms with E-state index in [9.17, 15) is 13.2 Å². The minimum atomic E-state index is -3.78. The maximum Gasteiger partial charge on any atom is 0.321 e. The van der Waals surface area contributed by atoms with Crippen LogP contribution in [0.15, 0.2) is 0 Å². The van der Waals surface area contributed by atoms with Gasteiger partial charge in [0.1, 0.15) is 6.04 Å². The molecule has 0 aromatic rings. The summed E-state index contributed by atoms with van der Waals surface area (Å²) in [7, 11) is -3.78. The summed E-state index contributed by atoms with van der Waals surface area (Å²) < 4.78 is 32.5. The minimum absolute atomic E-state index is 0.203. The van der Waals surface area contributed by atoms with E-state index in [1.54, 1.807) is 13.8 Å². The number of aliphatic carboxylic acids is 1. The van der Waals surface area contributed by atoms with Gasteiger partial charge in [0.25, 0.3) is 10.2 Å². The number of carbonyl (C=O) groups is 1. The summed E-state index contributed by atoms with van der Waals surface area (Å²) in [4.78, 5) is 10.6. The largest absolute Gasteiger partial charge is 0.480 e. The SMILES string of the molecule is CC(NS(=O)(=O)N1CCOC(C)(C)C1)C(=O)O. The molecule has 1 saturated heterocycles. The molecule has 1 fully saturated rings. The molecule has 0 amide bonds. The molecule has 2 N–H and O–H groups in total. The van der Waals surface area contributed by atoms with E-state index in [0.717, 1.165) is 0 Å². The van der Waals surface area contributed by atoms with Gasteiger partial charge in [-0.15, -0.1) is 0 Å². The zero-order chi connectivity index (χ0) is 13.3. The fraction of sp³-hybridized carbons (Fsp3) is 0.889. The Balaban J connectivity index is 2.74. The Labute approximate surface area is 101 Å². The normalized spacial score (nSPS) is 23.2. The molecule has 7 nitrogen and oxygen atoms in total. The van der Waals surface area contributed by atoms with Crippen LogP contribution in [-0.2, 0) is 19.7 Å². The van der Waals surface area contributed by atoms with Gasteiger partial charge in [-0.2, -0.15) is 17.4 Å². The predicted octanol–water partition coefficient (Wildman–Crippen LogP) is -0.595. The number of hydrogen-bond acceptors (Lipinski definition) is 4. The maximum atomic E-state index is 11.9. The number of carboxylic acids is 1. The van der Waals surface area contributed by atoms with Crippen LogP contribution in [-0.4, -0.2) is 55.1 Å². The lowest BCUT2D eigenvalue weighted by atomic mass is 10.1. The highest BCUT2D eigenvalue weighted by Gasteiger charge is 2.35. The number of rotatable bonds is 4. The number of morpholine rings is 1. The van der Waals surface area contributed by atoms with Gasteiger partial charge in [0, 0.05) is 13.1 Å². The first-order valence-electron chi connectivity index (χ1n) is 5.28. The molecular formula is C9H18N2O5S. The molecular weight excluding hydrogens is 248 g/mol. The summed E-state index contributed by atoms with van der Waals surface area (Å²) in [5, 5.41) is 8.68. The van der Waals surface area contributed by atoms with Crippen molar-refractivity contribution in [2.45, 2.75) is 32.4 Å². The van der Waals surface area contributed by atoms with Crippen LogP contribution < -0.4 is 4.72 Å². The number of ether oxygens (including phenoxy) is 1. The molecule has 0 aromatic heterocycles. The highest BCUT2D eigenvalue weighted by Crippen LogP contribution is 2.18. The Morgan fingerprint density at radius 2 is 2.12 bits per heavy atom. The molecule has 1 rings (SSSR count). The second-order valence-electron chi connectivity index (χ2n) is 4.62. The molecule has 0 spiro atoms. The van der Waals surface area contributed by atoms with Gasteiger partial charge >= 0.3 is 5.97 Å². The van der Waals surface area contributed by atoms with Crippen molar-refractivity contribution in [3.05, 3.63) is 0 Å². The first-order chi connectivity index (χ1) is 7.64. The van der Waals surface area contributed by atoms with Gasteiger partial charge in [0.2, 0.25) is 0 Å². The Bertz CT molecular complexity index is 392. The third-order valence-corrected chi connectivity index (χ3v) is 4.07. The molecule has 100 valence electrons. The first kappa shape index (κ1) is 14.4. The maximum absolute atomic E-state index is 11.9. The monoisotopic (exact) mass is 266 g/mol. The van der Waals surface area contributed by atoms with E-state index < -0.39 is 27.8 Å². The van der Waals surface area contributed by atoms with Crippen LogP contribution in [0, 0.1) is 0 Å². The van der Waals surface area contributed by atoms with Crippen molar-refractivity contribution in [1.82, 2.24) is 9.03 Å². The van der Waals surface area contributed by atoms with Gasteiger partial charge in [-0.05, 0) is 20.8 Å². The molecule has 17 heavy (non-hydrogen) atoms. The van der Waals surface area contributed by atoms with E-state index >= 15 is 0 Å². The molecule has 0 aliphatic carbocycles. The van der Waals surface area contributed by atoms with Gasteiger partial charge in [-0.3, -0.25) is 4.79 Å². The van der Waals surface area contributed by atoms with Crippen molar-refractivity contribution in [1.29, 1.82) is 0 Å². The van der Waals surface area contributed by atoms with Gasteiger partial charge in [-0.25, -0.2) is 0 Å². The quantitative estimate of drug-likeness (QED) is 0.708. The van der Waals surface area contributed by atoms with Gasteiger partial charge in [0.15, 0.2) is 0 Å². The average Bonchev–Trinajstić information content (AvgIpc) is 2.15. The molecule has 0 aromatic carbocycles. The predicted molar refractivity (Wildman–Crippen MR) is 60.8 cm³/mol. The van der Waals surface area contributed by atoms with Crippen LogP contribution in [0.3, 0.4) is 0 Å². The topological polar surface area (TPSA) is 95.9 Å². The fourth-order valence-electron chi connectivity index (χ4n) is 1.53. The Kier molecular flexibility index (Phi) is 4.13. The van der Waals surface area contributed by atoms with Crippen LogP contribution in [0.1, 0.15) is 20.8 Å². The van der Waals surface area contributed by atoms with Gasteiger partial charge < -0.3 is 9.84 Å². The zero-order valence-electron chi connectivity index (χ0n) is 10.1. The summed E-state index contributed by atoms with van der Waals surface area (Å²) >= 11 is 0. The lowest BCUT2D eigenvalue weighted by Gasteiger charge is -2.37. The molecule has 1 unspecified atom stereocenters. The summed E-state index contributed by atoms with van der Waals surface area (Å²) in [6, 6.07) is -1.15. The first-order valence-corrected chi connectivity index (χ1v) is 6.72. The number of nitrogens with one attached hydrogen (secondary N) is 1. The van der Waals surface area contributed by atoms with Crippen molar-refractivity contribution in [3.8, 4) is 0 Å². The lowest BCUT2D eigenvalue weighted by molar-refractivity contribution is -0.138. The second-order valence-corrected chi connectivity index (χ2v) is 6.33. The molecule has 0 bridgehead atoms. The van der Waals surface area contributed by atoms with Gasteiger partial charge in [0.05, 0.1) is 12.2 Å². The molecule has 8 heteroatoms. The van der Waals surface area contributed by atoms with Gasteiger partial charge in [-0.1, -0.05) is 0 Å². The summed E-state index contributed by atoms with van der Waals surface area (Å²) in [6.45, 7) is 5.59. The van der Waals surface area contributed by atoms with Crippen LogP contribution in [0.4, 0.5) is 0 Å². The van der Waals surface area contributed by atoms with E-state index in [4.69, 9.17) is 9.84 Å². The fourth-order valence-corrected chi connectivity index (χ4v) is 3.02. The summed E-state index contributed by atoms with van der Waals surface area (Å²) in [5.74, 6) is -1.21. The van der Waals surface area contributed by atoms with Crippen molar-refractivity contribution < 1.29 is 23.1 Å². The highest BCUT2D eigenvalue weighted by atomic mass is 32.2. The molecule has 1 heterocycles. The van der Waals surface area contributed by atoms with E-state index in [1.165, 1.54) is 11.2 Å². The smallest absolute Gasteiger partial charge is 0.321 e. The van der Waals surface area contributed by atoms with Crippen molar-refractivity contribution >= 4 is 16.2 Å². The second kappa shape index (κ2) is 4.89. The lowest BCUT2D eigenvalue weighted by Crippen LogP contribution is -2.55. The zero-order valence-corrected chi connectivity index (χ0v) is 11.0. The summed E-state index contributed by atoms with van der Waals surface area (Å²) in [5.41, 5.74) is -0.556. The average molecular weight is 266 g/mol. The molecule has 0 radical (unpaired) electrons. The third kappa shape index (κ3) is 3.91. The Hall–Kier alpha value is -0.700. The molecule has 1 aliphatic rings. The Morgan fingerprint density at radius 1 is 1.53 bits per heavy atom. The molecule has 0 saturated carbocycles. The standard InChI is InChI=1S/C9H18N2O5S/c1-7(8(12)13)10-17(14,15)11-4-5-16-9(2,3)6-11/h7,10H,4-6H2,1-3H3,(H,12,13). The van der Waals surface area contributed by atoms with E-state index in [0.29, 0.717) is 6.61 Å². The Morgan fingerprint density at radius 3 is 2.59 bits per heavy atom. The minimum Gasteiger partial charge on any atom is -0.480 e. The number of hydrogen-bond donors (Lipinski definition) is 2. The highest BCUT2D eigenvalue weighted by molar-refractivity contribution is 7.87. The van der Waals surface area contributed by atoms with E-state index in [2.05, 4.69) is 4.72 Å². The van der Waals surface area contributed by atoms with Crippen molar-refractivity contribution in [2.75, 3.05) is 19.7 Å². The van der Waals surface area contributed by atoms with Crippen molar-refractivity contribution in [3.63, 3.8) is 0 Å². The van der Waals surface area contributed by atoms with Crippen LogP contribution >= 0.6 is 0 Å². The number of nitrogens with zero attached hydrogens (tertiary/aromatic N) is 1. The molecule has 1 aliphatic heterocycles. The summed E-state index contributed by atoms with van der Waals surface area (Å²) in [6.07, 6.45) is 0. The number of carboxylic acid groups (broad SMARTS) is 1.